The lowest BCUT2D eigenvalue weighted by molar-refractivity contribution is -0.141. The van der Waals surface area contributed by atoms with Crippen LogP contribution in [0.1, 0.15) is 47.6 Å². The number of carbonyl (C=O) groups is 1. The molecule has 2 atom stereocenters. The Morgan fingerprint density at radius 3 is 2.74 bits per heavy atom. The van der Waals surface area contributed by atoms with Gasteiger partial charge in [0.2, 0.25) is 11.9 Å². The maximum Gasteiger partial charge on any atom is 0.433 e. The molecule has 9 nitrogen and oxygen atoms in total. The van der Waals surface area contributed by atoms with Crippen LogP contribution < -0.4 is 15.5 Å². The Morgan fingerprint density at radius 2 is 2.03 bits per heavy atom. The first-order valence-electron chi connectivity index (χ1n) is 10.9. The van der Waals surface area contributed by atoms with E-state index < -0.39 is 11.9 Å². The zero-order valence-corrected chi connectivity index (χ0v) is 18.8. The van der Waals surface area contributed by atoms with Crippen molar-refractivity contribution in [1.82, 2.24) is 24.7 Å². The number of rotatable bonds is 4. The number of anilines is 3. The van der Waals surface area contributed by atoms with Crippen molar-refractivity contribution < 1.29 is 18.0 Å². The van der Waals surface area contributed by atoms with Gasteiger partial charge in [-0.3, -0.25) is 14.5 Å². The molecule has 2 aliphatic rings. The van der Waals surface area contributed by atoms with E-state index in [1.54, 1.807) is 10.9 Å². The number of carbonyl (C=O) groups excluding carboxylic acids is 1. The van der Waals surface area contributed by atoms with Crippen molar-refractivity contribution in [2.24, 2.45) is 0 Å². The first-order chi connectivity index (χ1) is 16.1. The molecular formula is C22H23F3N8O. The van der Waals surface area contributed by atoms with E-state index in [0.29, 0.717) is 35.3 Å². The molecule has 5 rings (SSSR count). The monoisotopic (exact) mass is 472 g/mol. The lowest BCUT2D eigenvalue weighted by atomic mass is 10.1. The molecule has 0 bridgehead atoms. The maximum absolute atomic E-state index is 12.8. The third kappa shape index (κ3) is 3.82. The van der Waals surface area contributed by atoms with Gasteiger partial charge in [-0.05, 0) is 38.3 Å². The molecule has 4 heterocycles. The number of likely N-dealkylation sites (N-methyl/N-ethyl adjacent to an activating group) is 1. The van der Waals surface area contributed by atoms with Gasteiger partial charge < -0.3 is 15.5 Å². The number of alkyl halides is 3. The number of fused-ring (bicyclic) bond motifs is 2. The van der Waals surface area contributed by atoms with Gasteiger partial charge in [0.1, 0.15) is 17.4 Å². The predicted octanol–water partition coefficient (Wildman–Crippen LogP) is 3.32. The Morgan fingerprint density at radius 1 is 1.24 bits per heavy atom. The highest BCUT2D eigenvalue weighted by molar-refractivity contribution is 6.03. The van der Waals surface area contributed by atoms with Crippen molar-refractivity contribution in [2.45, 2.75) is 51.5 Å². The first-order valence-corrected chi connectivity index (χ1v) is 10.9. The molecule has 0 radical (unpaired) electrons. The number of nitrogens with one attached hydrogen (secondary N) is 2. The zero-order valence-electron chi connectivity index (χ0n) is 18.8. The summed E-state index contributed by atoms with van der Waals surface area (Å²) in [6, 6.07) is 2.02. The minimum atomic E-state index is -4.46. The number of amides is 1. The van der Waals surface area contributed by atoms with Crippen LogP contribution in [0.3, 0.4) is 0 Å². The van der Waals surface area contributed by atoms with Crippen LogP contribution in [0.5, 0.6) is 0 Å². The maximum atomic E-state index is 12.8. The van der Waals surface area contributed by atoms with Gasteiger partial charge in [-0.1, -0.05) is 6.07 Å². The van der Waals surface area contributed by atoms with Crippen LogP contribution in [0.25, 0.3) is 0 Å². The molecule has 1 amide bonds. The van der Waals surface area contributed by atoms with Gasteiger partial charge in [0, 0.05) is 24.5 Å². The topological polar surface area (TPSA) is 101 Å². The number of aromatic nitrogens is 5. The molecule has 178 valence electrons. The average molecular weight is 472 g/mol. The van der Waals surface area contributed by atoms with Crippen molar-refractivity contribution >= 4 is 23.4 Å². The molecule has 0 aromatic carbocycles. The molecule has 3 aromatic heterocycles. The molecule has 0 saturated heterocycles. The molecule has 0 spiro atoms. The standard InChI is InChI=1S/C22H23F3N8O/c1-11-18-19(32(3)12(2)20(34)30-18)31-21(28-11)29-15-5-6-16-14(15)9-27-33(16)10-13-4-7-17(26-8-13)22(23,24)25/h4,7-9,12,15H,5-6,10H2,1-3H3,(H,30,34)(H,28,29,31)/t12-,15?/m0/s1. The molecule has 12 heteroatoms. The van der Waals surface area contributed by atoms with E-state index in [9.17, 15) is 18.0 Å². The van der Waals surface area contributed by atoms with E-state index in [0.717, 1.165) is 30.2 Å². The summed E-state index contributed by atoms with van der Waals surface area (Å²) < 4.78 is 40.1. The van der Waals surface area contributed by atoms with Crippen molar-refractivity contribution in [3.05, 3.63) is 52.7 Å². The van der Waals surface area contributed by atoms with Crippen LogP contribution in [0.2, 0.25) is 0 Å². The Bertz CT molecular complexity index is 1250. The largest absolute Gasteiger partial charge is 0.433 e. The van der Waals surface area contributed by atoms with Crippen molar-refractivity contribution in [3.8, 4) is 0 Å². The zero-order chi connectivity index (χ0) is 24.2. The summed E-state index contributed by atoms with van der Waals surface area (Å²) >= 11 is 0. The van der Waals surface area contributed by atoms with Crippen LogP contribution in [0.4, 0.5) is 30.6 Å². The molecule has 1 aliphatic heterocycles. The van der Waals surface area contributed by atoms with E-state index in [-0.39, 0.29) is 18.0 Å². The summed E-state index contributed by atoms with van der Waals surface area (Å²) in [7, 11) is 1.83. The van der Waals surface area contributed by atoms with Crippen LogP contribution in [0.15, 0.2) is 24.5 Å². The number of pyridine rings is 1. The van der Waals surface area contributed by atoms with Gasteiger partial charge in [0.05, 0.1) is 24.5 Å². The third-order valence-electron chi connectivity index (χ3n) is 6.39. The Balaban J connectivity index is 1.34. The Hall–Kier alpha value is -3.70. The summed E-state index contributed by atoms with van der Waals surface area (Å²) in [6.45, 7) is 3.97. The molecule has 0 fully saturated rings. The number of hydrogen-bond acceptors (Lipinski definition) is 7. The highest BCUT2D eigenvalue weighted by Crippen LogP contribution is 2.36. The van der Waals surface area contributed by atoms with E-state index in [1.807, 2.05) is 25.8 Å². The summed E-state index contributed by atoms with van der Waals surface area (Å²) in [4.78, 5) is 26.6. The van der Waals surface area contributed by atoms with Gasteiger partial charge in [-0.25, -0.2) is 4.98 Å². The van der Waals surface area contributed by atoms with E-state index in [1.165, 1.54) is 12.3 Å². The number of nitrogens with zero attached hydrogens (tertiary/aromatic N) is 6. The van der Waals surface area contributed by atoms with Crippen LogP contribution in [-0.4, -0.2) is 43.7 Å². The van der Waals surface area contributed by atoms with Crippen LogP contribution >= 0.6 is 0 Å². The van der Waals surface area contributed by atoms with Gasteiger partial charge in [-0.15, -0.1) is 0 Å². The number of hydrogen-bond donors (Lipinski definition) is 2. The fourth-order valence-electron chi connectivity index (χ4n) is 4.34. The molecule has 2 N–H and O–H groups in total. The fourth-order valence-corrected chi connectivity index (χ4v) is 4.34. The molecule has 3 aromatic rings. The number of aryl methyl sites for hydroxylation is 1. The smallest absolute Gasteiger partial charge is 0.347 e. The van der Waals surface area contributed by atoms with E-state index in [4.69, 9.17) is 0 Å². The van der Waals surface area contributed by atoms with Crippen molar-refractivity contribution in [2.75, 3.05) is 22.6 Å². The lowest BCUT2D eigenvalue weighted by Crippen LogP contribution is -2.44. The molecule has 1 unspecified atom stereocenters. The van der Waals surface area contributed by atoms with Gasteiger partial charge in [0.25, 0.3) is 0 Å². The quantitative estimate of drug-likeness (QED) is 0.601. The van der Waals surface area contributed by atoms with Crippen LogP contribution in [0, 0.1) is 6.92 Å². The SMILES string of the molecule is Cc1nc(NC2CCc3c2cnn3Cc2ccc(C(F)(F)F)nc2)nc2c1NC(=O)[C@H](C)N2C. The molecular weight excluding hydrogens is 449 g/mol. The first kappa shape index (κ1) is 22.1. The van der Waals surface area contributed by atoms with Gasteiger partial charge >= 0.3 is 6.18 Å². The number of halogens is 3. The highest BCUT2D eigenvalue weighted by Gasteiger charge is 2.33. The van der Waals surface area contributed by atoms with E-state index in [2.05, 4.69) is 30.7 Å². The second-order valence-electron chi connectivity index (χ2n) is 8.60. The molecule has 34 heavy (non-hydrogen) atoms. The third-order valence-corrected chi connectivity index (χ3v) is 6.39. The molecule has 0 saturated carbocycles. The van der Waals surface area contributed by atoms with Gasteiger partial charge in [0.15, 0.2) is 5.82 Å². The normalized spacial score (nSPS) is 19.6. The van der Waals surface area contributed by atoms with Gasteiger partial charge in [-0.2, -0.15) is 23.3 Å². The lowest BCUT2D eigenvalue weighted by Gasteiger charge is -2.32. The predicted molar refractivity (Wildman–Crippen MR) is 119 cm³/mol. The Kier molecular flexibility index (Phi) is 5.18. The highest BCUT2D eigenvalue weighted by atomic mass is 19.4. The molecule has 1 aliphatic carbocycles. The summed E-state index contributed by atoms with van der Waals surface area (Å²) in [6.07, 6.45) is 0.123. The van der Waals surface area contributed by atoms with Crippen LogP contribution in [-0.2, 0) is 23.9 Å². The summed E-state index contributed by atoms with van der Waals surface area (Å²) in [5, 5.41) is 10.7. The average Bonchev–Trinajstić information content (AvgIpc) is 3.36. The second-order valence-corrected chi connectivity index (χ2v) is 8.60. The second kappa shape index (κ2) is 7.96. The van der Waals surface area contributed by atoms with Crippen molar-refractivity contribution in [1.29, 1.82) is 0 Å². The minimum Gasteiger partial charge on any atom is -0.347 e. The minimum absolute atomic E-state index is 0.0483. The van der Waals surface area contributed by atoms with E-state index >= 15 is 0 Å². The summed E-state index contributed by atoms with van der Waals surface area (Å²) in [5.41, 5.74) is 3.04. The van der Waals surface area contributed by atoms with Crippen molar-refractivity contribution in [3.63, 3.8) is 0 Å². The fraction of sp³-hybridized carbons (Fsp3) is 0.409. The summed E-state index contributed by atoms with van der Waals surface area (Å²) in [5.74, 6) is 1.02. The Labute approximate surface area is 193 Å².